The van der Waals surface area contributed by atoms with Crippen molar-refractivity contribution in [2.45, 2.75) is 13.8 Å². The van der Waals surface area contributed by atoms with E-state index in [0.717, 1.165) is 16.8 Å². The SMILES string of the molecule is Cc1cc(C)cc(C(=O)OCC(=O)N2CCN(c3ccc(F)cc3)CC2)c1. The fourth-order valence-corrected chi connectivity index (χ4v) is 3.26. The number of halogens is 1. The number of amides is 1. The molecule has 2 aromatic carbocycles. The first kappa shape index (κ1) is 18.9. The molecule has 5 nitrogen and oxygen atoms in total. The highest BCUT2D eigenvalue weighted by atomic mass is 19.1. The van der Waals surface area contributed by atoms with Crippen molar-refractivity contribution in [3.05, 3.63) is 65.0 Å². The summed E-state index contributed by atoms with van der Waals surface area (Å²) in [6.45, 7) is 5.95. The van der Waals surface area contributed by atoms with Gasteiger partial charge in [-0.3, -0.25) is 4.79 Å². The highest BCUT2D eigenvalue weighted by Crippen LogP contribution is 2.17. The average Bonchev–Trinajstić information content (AvgIpc) is 2.66. The number of hydrogen-bond donors (Lipinski definition) is 0. The van der Waals surface area contributed by atoms with Crippen LogP contribution in [0.5, 0.6) is 0 Å². The maximum atomic E-state index is 13.0. The van der Waals surface area contributed by atoms with E-state index in [-0.39, 0.29) is 18.3 Å². The van der Waals surface area contributed by atoms with Crippen LogP contribution in [0.1, 0.15) is 21.5 Å². The second-order valence-electron chi connectivity index (χ2n) is 6.80. The van der Waals surface area contributed by atoms with Crippen molar-refractivity contribution in [2.24, 2.45) is 0 Å². The van der Waals surface area contributed by atoms with Gasteiger partial charge in [-0.1, -0.05) is 17.2 Å². The number of hydrogen-bond acceptors (Lipinski definition) is 4. The molecule has 0 radical (unpaired) electrons. The van der Waals surface area contributed by atoms with E-state index < -0.39 is 5.97 Å². The molecule has 3 rings (SSSR count). The molecular formula is C21H23FN2O3. The fraction of sp³-hybridized carbons (Fsp3) is 0.333. The molecule has 0 aliphatic carbocycles. The first-order chi connectivity index (χ1) is 12.9. The topological polar surface area (TPSA) is 49.9 Å². The molecule has 6 heteroatoms. The van der Waals surface area contributed by atoms with Crippen molar-refractivity contribution in [1.82, 2.24) is 4.90 Å². The number of anilines is 1. The fourth-order valence-electron chi connectivity index (χ4n) is 3.26. The highest BCUT2D eigenvalue weighted by molar-refractivity contribution is 5.91. The number of carbonyl (C=O) groups excluding carboxylic acids is 2. The molecule has 1 fully saturated rings. The summed E-state index contributed by atoms with van der Waals surface area (Å²) < 4.78 is 18.2. The summed E-state index contributed by atoms with van der Waals surface area (Å²) in [7, 11) is 0. The largest absolute Gasteiger partial charge is 0.452 e. The third kappa shape index (κ3) is 4.84. The lowest BCUT2D eigenvalue weighted by Crippen LogP contribution is -2.49. The predicted octanol–water partition coefficient (Wildman–Crippen LogP) is 2.95. The summed E-state index contributed by atoms with van der Waals surface area (Å²) >= 11 is 0. The molecule has 0 atom stereocenters. The normalized spacial score (nSPS) is 14.2. The lowest BCUT2D eigenvalue weighted by atomic mass is 10.1. The molecule has 1 amide bonds. The molecule has 1 saturated heterocycles. The van der Waals surface area contributed by atoms with Gasteiger partial charge in [-0.25, -0.2) is 9.18 Å². The predicted molar refractivity (Wildman–Crippen MR) is 101 cm³/mol. The Morgan fingerprint density at radius 2 is 1.56 bits per heavy atom. The number of piperazine rings is 1. The lowest BCUT2D eigenvalue weighted by Gasteiger charge is -2.36. The monoisotopic (exact) mass is 370 g/mol. The molecule has 27 heavy (non-hydrogen) atoms. The number of esters is 1. The van der Waals surface area contributed by atoms with Crippen molar-refractivity contribution in [2.75, 3.05) is 37.7 Å². The van der Waals surface area contributed by atoms with Gasteiger partial charge in [0, 0.05) is 31.9 Å². The highest BCUT2D eigenvalue weighted by Gasteiger charge is 2.22. The van der Waals surface area contributed by atoms with Crippen LogP contribution in [0.15, 0.2) is 42.5 Å². The Morgan fingerprint density at radius 3 is 2.15 bits per heavy atom. The zero-order valence-corrected chi connectivity index (χ0v) is 15.6. The molecule has 2 aromatic rings. The molecule has 0 bridgehead atoms. The van der Waals surface area contributed by atoms with Crippen LogP contribution < -0.4 is 4.90 Å². The van der Waals surface area contributed by atoms with E-state index >= 15 is 0 Å². The van der Waals surface area contributed by atoms with E-state index in [4.69, 9.17) is 4.74 Å². The number of carbonyl (C=O) groups is 2. The van der Waals surface area contributed by atoms with Crippen molar-refractivity contribution >= 4 is 17.6 Å². The second-order valence-corrected chi connectivity index (χ2v) is 6.80. The van der Waals surface area contributed by atoms with Gasteiger partial charge in [0.15, 0.2) is 6.61 Å². The van der Waals surface area contributed by atoms with Gasteiger partial charge >= 0.3 is 5.97 Å². The average molecular weight is 370 g/mol. The summed E-state index contributed by atoms with van der Waals surface area (Å²) in [6, 6.07) is 11.8. The first-order valence-electron chi connectivity index (χ1n) is 8.96. The van der Waals surface area contributed by atoms with Crippen LogP contribution in [-0.2, 0) is 9.53 Å². The Morgan fingerprint density at radius 1 is 0.963 bits per heavy atom. The van der Waals surface area contributed by atoms with Gasteiger partial charge in [0.2, 0.25) is 0 Å². The van der Waals surface area contributed by atoms with Crippen LogP contribution in [0.2, 0.25) is 0 Å². The van der Waals surface area contributed by atoms with E-state index in [1.807, 2.05) is 19.9 Å². The number of rotatable bonds is 4. The zero-order chi connectivity index (χ0) is 19.4. The van der Waals surface area contributed by atoms with E-state index in [1.54, 1.807) is 29.2 Å². The summed E-state index contributed by atoms with van der Waals surface area (Å²) in [5.41, 5.74) is 3.35. The second kappa shape index (κ2) is 8.20. The summed E-state index contributed by atoms with van der Waals surface area (Å²) in [6.07, 6.45) is 0. The van der Waals surface area contributed by atoms with Crippen LogP contribution in [0.3, 0.4) is 0 Å². The van der Waals surface area contributed by atoms with Crippen molar-refractivity contribution in [3.8, 4) is 0 Å². The summed E-state index contributed by atoms with van der Waals surface area (Å²) in [5.74, 6) is -0.954. The number of aryl methyl sites for hydroxylation is 2. The Labute approximate surface area is 158 Å². The van der Waals surface area contributed by atoms with Gasteiger partial charge in [0.25, 0.3) is 5.91 Å². The third-order valence-electron chi connectivity index (χ3n) is 4.61. The molecule has 0 unspecified atom stereocenters. The number of benzene rings is 2. The maximum absolute atomic E-state index is 13.0. The molecule has 0 spiro atoms. The first-order valence-corrected chi connectivity index (χ1v) is 8.96. The van der Waals surface area contributed by atoms with E-state index in [0.29, 0.717) is 31.7 Å². The molecule has 0 saturated carbocycles. The molecule has 142 valence electrons. The molecule has 1 aliphatic rings. The van der Waals surface area contributed by atoms with Crippen LogP contribution in [-0.4, -0.2) is 49.6 Å². The number of nitrogens with zero attached hydrogens (tertiary/aromatic N) is 2. The molecule has 0 N–H and O–H groups in total. The summed E-state index contributed by atoms with van der Waals surface area (Å²) in [4.78, 5) is 28.3. The van der Waals surface area contributed by atoms with Gasteiger partial charge < -0.3 is 14.5 Å². The van der Waals surface area contributed by atoms with E-state index in [2.05, 4.69) is 4.90 Å². The van der Waals surface area contributed by atoms with Gasteiger partial charge in [0.05, 0.1) is 5.56 Å². The lowest BCUT2D eigenvalue weighted by molar-refractivity contribution is -0.134. The standard InChI is InChI=1S/C21H23FN2O3/c1-15-11-16(2)13-17(12-15)21(26)27-14-20(25)24-9-7-23(8-10-24)19-5-3-18(22)4-6-19/h3-6,11-13H,7-10,14H2,1-2H3. The third-order valence-corrected chi connectivity index (χ3v) is 4.61. The Hall–Kier alpha value is -2.89. The molecular weight excluding hydrogens is 347 g/mol. The van der Waals surface area contributed by atoms with Crippen molar-refractivity contribution in [3.63, 3.8) is 0 Å². The molecule has 1 aliphatic heterocycles. The van der Waals surface area contributed by atoms with Crippen LogP contribution >= 0.6 is 0 Å². The van der Waals surface area contributed by atoms with E-state index in [9.17, 15) is 14.0 Å². The molecule has 1 heterocycles. The van der Waals surface area contributed by atoms with Gasteiger partial charge in [-0.15, -0.1) is 0 Å². The van der Waals surface area contributed by atoms with Gasteiger partial charge in [0.1, 0.15) is 5.82 Å². The zero-order valence-electron chi connectivity index (χ0n) is 15.6. The van der Waals surface area contributed by atoms with E-state index in [1.165, 1.54) is 12.1 Å². The van der Waals surface area contributed by atoms with Crippen molar-refractivity contribution in [1.29, 1.82) is 0 Å². The Balaban J connectivity index is 1.49. The van der Waals surface area contributed by atoms with Crippen LogP contribution in [0, 0.1) is 19.7 Å². The minimum absolute atomic E-state index is 0.202. The van der Waals surface area contributed by atoms with Gasteiger partial charge in [-0.2, -0.15) is 0 Å². The smallest absolute Gasteiger partial charge is 0.338 e. The minimum Gasteiger partial charge on any atom is -0.452 e. The van der Waals surface area contributed by atoms with Gasteiger partial charge in [-0.05, 0) is 50.2 Å². The van der Waals surface area contributed by atoms with Crippen molar-refractivity contribution < 1.29 is 18.7 Å². The number of ether oxygens (including phenoxy) is 1. The van der Waals surface area contributed by atoms with Crippen LogP contribution in [0.25, 0.3) is 0 Å². The minimum atomic E-state index is -0.486. The quantitative estimate of drug-likeness (QED) is 0.777. The Kier molecular flexibility index (Phi) is 5.74. The Bertz CT molecular complexity index is 808. The molecule has 0 aromatic heterocycles. The van der Waals surface area contributed by atoms with Crippen LogP contribution in [0.4, 0.5) is 10.1 Å². The maximum Gasteiger partial charge on any atom is 0.338 e. The summed E-state index contributed by atoms with van der Waals surface area (Å²) in [5, 5.41) is 0.